The SMILES string of the molecule is CCc1n[nH]c(C)c1Cl. The fourth-order valence-corrected chi connectivity index (χ4v) is 0.918. The van der Waals surface area contributed by atoms with Gasteiger partial charge >= 0.3 is 0 Å². The highest BCUT2D eigenvalue weighted by Gasteiger charge is 2.03. The number of rotatable bonds is 1. The van der Waals surface area contributed by atoms with Crippen LogP contribution in [0, 0.1) is 6.92 Å². The summed E-state index contributed by atoms with van der Waals surface area (Å²) in [7, 11) is 0. The maximum atomic E-state index is 5.82. The normalized spacial score (nSPS) is 10.1. The lowest BCUT2D eigenvalue weighted by atomic mass is 10.3. The number of hydrogen-bond acceptors (Lipinski definition) is 1. The zero-order chi connectivity index (χ0) is 6.85. The number of nitrogens with one attached hydrogen (secondary N) is 1. The molecule has 50 valence electrons. The van der Waals surface area contributed by atoms with Crippen LogP contribution in [-0.2, 0) is 6.42 Å². The van der Waals surface area contributed by atoms with Gasteiger partial charge < -0.3 is 0 Å². The highest BCUT2D eigenvalue weighted by atomic mass is 35.5. The van der Waals surface area contributed by atoms with Crippen LogP contribution in [0.3, 0.4) is 0 Å². The Labute approximate surface area is 59.2 Å². The second-order valence-corrected chi connectivity index (χ2v) is 2.34. The second-order valence-electron chi connectivity index (χ2n) is 1.96. The summed E-state index contributed by atoms with van der Waals surface area (Å²) in [5.41, 5.74) is 1.91. The molecule has 1 rings (SSSR count). The number of aromatic amines is 1. The lowest BCUT2D eigenvalue weighted by Crippen LogP contribution is -1.78. The molecule has 0 aliphatic heterocycles. The molecule has 0 spiro atoms. The van der Waals surface area contributed by atoms with Gasteiger partial charge in [-0.1, -0.05) is 18.5 Å². The third-order valence-electron chi connectivity index (χ3n) is 1.28. The Bertz CT molecular complexity index is 205. The maximum Gasteiger partial charge on any atom is 0.0844 e. The third kappa shape index (κ3) is 1.08. The van der Waals surface area contributed by atoms with E-state index in [2.05, 4.69) is 10.2 Å². The summed E-state index contributed by atoms with van der Waals surface area (Å²) in [4.78, 5) is 0. The molecule has 0 radical (unpaired) electrons. The van der Waals surface area contributed by atoms with Crippen LogP contribution >= 0.6 is 11.6 Å². The number of aryl methyl sites for hydroxylation is 2. The van der Waals surface area contributed by atoms with Gasteiger partial charge in [-0.25, -0.2) is 0 Å². The van der Waals surface area contributed by atoms with E-state index < -0.39 is 0 Å². The number of halogens is 1. The van der Waals surface area contributed by atoms with Gasteiger partial charge in [-0.15, -0.1) is 0 Å². The van der Waals surface area contributed by atoms with Crippen molar-refractivity contribution < 1.29 is 0 Å². The predicted octanol–water partition coefficient (Wildman–Crippen LogP) is 1.93. The smallest absolute Gasteiger partial charge is 0.0844 e. The summed E-state index contributed by atoms with van der Waals surface area (Å²) in [6, 6.07) is 0. The molecule has 0 aromatic carbocycles. The Kier molecular flexibility index (Phi) is 1.76. The Hall–Kier alpha value is -0.500. The maximum absolute atomic E-state index is 5.82. The Balaban J connectivity index is 3.04. The predicted molar refractivity (Wildman–Crippen MR) is 37.7 cm³/mol. The van der Waals surface area contributed by atoms with Crippen molar-refractivity contribution in [1.29, 1.82) is 0 Å². The first-order valence-corrected chi connectivity index (χ1v) is 3.32. The first-order chi connectivity index (χ1) is 4.25. The number of hydrogen-bond donors (Lipinski definition) is 1. The van der Waals surface area contributed by atoms with E-state index >= 15 is 0 Å². The molecular formula is C6H9ClN2. The first kappa shape index (κ1) is 6.62. The molecule has 0 fully saturated rings. The summed E-state index contributed by atoms with van der Waals surface area (Å²) in [5, 5.41) is 7.56. The van der Waals surface area contributed by atoms with Crippen LogP contribution < -0.4 is 0 Å². The fraction of sp³-hybridized carbons (Fsp3) is 0.500. The minimum absolute atomic E-state index is 0.775. The van der Waals surface area contributed by atoms with E-state index in [4.69, 9.17) is 11.6 Å². The molecule has 0 atom stereocenters. The molecule has 2 nitrogen and oxygen atoms in total. The minimum atomic E-state index is 0.775. The molecule has 0 amide bonds. The molecule has 1 aromatic rings. The van der Waals surface area contributed by atoms with E-state index in [0.717, 1.165) is 22.8 Å². The first-order valence-electron chi connectivity index (χ1n) is 2.95. The minimum Gasteiger partial charge on any atom is -0.281 e. The van der Waals surface area contributed by atoms with Crippen molar-refractivity contribution in [3.8, 4) is 0 Å². The Morgan fingerprint density at radius 1 is 1.67 bits per heavy atom. The molecule has 0 saturated carbocycles. The van der Waals surface area contributed by atoms with Crippen LogP contribution in [-0.4, -0.2) is 10.2 Å². The molecule has 3 heteroatoms. The Morgan fingerprint density at radius 3 is 2.56 bits per heavy atom. The summed E-state index contributed by atoms with van der Waals surface area (Å²) in [5.74, 6) is 0. The van der Waals surface area contributed by atoms with Gasteiger partial charge in [0, 0.05) is 0 Å². The highest BCUT2D eigenvalue weighted by Crippen LogP contribution is 2.16. The van der Waals surface area contributed by atoms with E-state index in [9.17, 15) is 0 Å². The lowest BCUT2D eigenvalue weighted by Gasteiger charge is -1.85. The quantitative estimate of drug-likeness (QED) is 0.641. The van der Waals surface area contributed by atoms with Gasteiger partial charge in [0.1, 0.15) is 0 Å². The van der Waals surface area contributed by atoms with Gasteiger partial charge in [-0.2, -0.15) is 5.10 Å². The number of H-pyrrole nitrogens is 1. The van der Waals surface area contributed by atoms with Crippen LogP contribution in [0.1, 0.15) is 18.3 Å². The summed E-state index contributed by atoms with van der Waals surface area (Å²) < 4.78 is 0. The molecule has 0 saturated heterocycles. The standard InChI is InChI=1S/C6H9ClN2/c1-3-5-6(7)4(2)8-9-5/h3H2,1-2H3,(H,8,9). The lowest BCUT2D eigenvalue weighted by molar-refractivity contribution is 0.962. The fourth-order valence-electron chi connectivity index (χ4n) is 0.700. The average molecular weight is 145 g/mol. The van der Waals surface area contributed by atoms with Crippen LogP contribution in [0.2, 0.25) is 5.02 Å². The van der Waals surface area contributed by atoms with E-state index in [0.29, 0.717) is 0 Å². The van der Waals surface area contributed by atoms with Gasteiger partial charge in [0.25, 0.3) is 0 Å². The van der Waals surface area contributed by atoms with Crippen LogP contribution in [0.5, 0.6) is 0 Å². The zero-order valence-electron chi connectivity index (χ0n) is 5.53. The van der Waals surface area contributed by atoms with E-state index in [1.165, 1.54) is 0 Å². The van der Waals surface area contributed by atoms with Crippen LogP contribution in [0.25, 0.3) is 0 Å². The zero-order valence-corrected chi connectivity index (χ0v) is 6.29. The third-order valence-corrected chi connectivity index (χ3v) is 1.78. The summed E-state index contributed by atoms with van der Waals surface area (Å²) >= 11 is 5.82. The largest absolute Gasteiger partial charge is 0.281 e. The van der Waals surface area contributed by atoms with Crippen LogP contribution in [0.15, 0.2) is 0 Å². The highest BCUT2D eigenvalue weighted by molar-refractivity contribution is 6.31. The average Bonchev–Trinajstić information content (AvgIpc) is 2.15. The molecule has 0 aliphatic rings. The molecule has 1 N–H and O–H groups in total. The number of nitrogens with zero attached hydrogens (tertiary/aromatic N) is 1. The van der Waals surface area contributed by atoms with E-state index in [1.807, 2.05) is 13.8 Å². The van der Waals surface area contributed by atoms with Gasteiger partial charge in [-0.3, -0.25) is 5.10 Å². The monoisotopic (exact) mass is 144 g/mol. The van der Waals surface area contributed by atoms with E-state index in [-0.39, 0.29) is 0 Å². The van der Waals surface area contributed by atoms with Gasteiger partial charge in [0.05, 0.1) is 16.4 Å². The molecule has 0 bridgehead atoms. The van der Waals surface area contributed by atoms with Crippen molar-refractivity contribution >= 4 is 11.6 Å². The van der Waals surface area contributed by atoms with Crippen LogP contribution in [0.4, 0.5) is 0 Å². The summed E-state index contributed by atoms with van der Waals surface area (Å²) in [6.45, 7) is 3.94. The van der Waals surface area contributed by atoms with Crippen molar-refractivity contribution in [3.05, 3.63) is 16.4 Å². The van der Waals surface area contributed by atoms with Crippen molar-refractivity contribution in [2.24, 2.45) is 0 Å². The van der Waals surface area contributed by atoms with Gasteiger partial charge in [-0.05, 0) is 13.3 Å². The second kappa shape index (κ2) is 2.40. The molecule has 1 aromatic heterocycles. The topological polar surface area (TPSA) is 28.7 Å². The molecule has 0 aliphatic carbocycles. The molecule has 9 heavy (non-hydrogen) atoms. The van der Waals surface area contributed by atoms with Crippen molar-refractivity contribution in [1.82, 2.24) is 10.2 Å². The Morgan fingerprint density at radius 2 is 2.33 bits per heavy atom. The summed E-state index contributed by atoms with van der Waals surface area (Å²) in [6.07, 6.45) is 0.892. The van der Waals surface area contributed by atoms with E-state index in [1.54, 1.807) is 0 Å². The van der Waals surface area contributed by atoms with Crippen molar-refractivity contribution in [3.63, 3.8) is 0 Å². The molecule has 0 unspecified atom stereocenters. The van der Waals surface area contributed by atoms with Gasteiger partial charge in [0.15, 0.2) is 0 Å². The molecule has 1 heterocycles. The van der Waals surface area contributed by atoms with Crippen molar-refractivity contribution in [2.45, 2.75) is 20.3 Å². The van der Waals surface area contributed by atoms with Crippen molar-refractivity contribution in [2.75, 3.05) is 0 Å². The number of aromatic nitrogens is 2. The van der Waals surface area contributed by atoms with Gasteiger partial charge in [0.2, 0.25) is 0 Å². The molecular weight excluding hydrogens is 136 g/mol.